The van der Waals surface area contributed by atoms with Gasteiger partial charge in [0.15, 0.2) is 0 Å². The summed E-state index contributed by atoms with van der Waals surface area (Å²) in [5.41, 5.74) is 1.43. The molecule has 2 saturated heterocycles. The first-order valence-corrected chi connectivity index (χ1v) is 8.84. The number of hydrogen-bond acceptors (Lipinski definition) is 3. The quantitative estimate of drug-likeness (QED) is 0.831. The Hall–Kier alpha value is -0.900. The van der Waals surface area contributed by atoms with Crippen LogP contribution in [0.3, 0.4) is 0 Å². The van der Waals surface area contributed by atoms with Crippen LogP contribution in [0.2, 0.25) is 0 Å². The summed E-state index contributed by atoms with van der Waals surface area (Å²) in [4.78, 5) is 5.30. The second-order valence-corrected chi connectivity index (χ2v) is 7.16. The van der Waals surface area contributed by atoms with E-state index in [-0.39, 0.29) is 0 Å². The van der Waals surface area contributed by atoms with Gasteiger partial charge in [-0.1, -0.05) is 44.2 Å². The van der Waals surface area contributed by atoms with Gasteiger partial charge in [-0.2, -0.15) is 0 Å². The van der Waals surface area contributed by atoms with Gasteiger partial charge < -0.3 is 4.74 Å². The molecule has 0 aliphatic carbocycles. The van der Waals surface area contributed by atoms with Crippen LogP contribution in [0.5, 0.6) is 0 Å². The van der Waals surface area contributed by atoms with Gasteiger partial charge in [-0.05, 0) is 24.3 Å². The zero-order valence-corrected chi connectivity index (χ0v) is 14.1. The minimum absolute atomic E-state index is 0.480. The van der Waals surface area contributed by atoms with Crippen LogP contribution in [0.4, 0.5) is 0 Å². The summed E-state index contributed by atoms with van der Waals surface area (Å²) in [6.07, 6.45) is 2.97. The Kier molecular flexibility index (Phi) is 5.51. The van der Waals surface area contributed by atoms with Crippen LogP contribution in [-0.4, -0.2) is 54.7 Å². The largest absolute Gasteiger partial charge is 0.377 e. The molecule has 0 spiro atoms. The minimum atomic E-state index is 0.480. The van der Waals surface area contributed by atoms with E-state index >= 15 is 0 Å². The molecule has 122 valence electrons. The van der Waals surface area contributed by atoms with Crippen molar-refractivity contribution >= 4 is 0 Å². The van der Waals surface area contributed by atoms with Gasteiger partial charge in [0.05, 0.1) is 6.10 Å². The molecular formula is C19H30N2O. The molecule has 0 bridgehead atoms. The van der Waals surface area contributed by atoms with E-state index in [2.05, 4.69) is 54.0 Å². The number of ether oxygens (including phenoxy) is 1. The Morgan fingerprint density at radius 2 is 2.00 bits per heavy atom. The molecule has 0 aromatic heterocycles. The van der Waals surface area contributed by atoms with Crippen molar-refractivity contribution in [1.29, 1.82) is 0 Å². The Morgan fingerprint density at radius 1 is 1.18 bits per heavy atom. The van der Waals surface area contributed by atoms with Gasteiger partial charge in [-0.25, -0.2) is 0 Å². The van der Waals surface area contributed by atoms with E-state index in [1.807, 2.05) is 0 Å². The van der Waals surface area contributed by atoms with Crippen LogP contribution in [0.25, 0.3) is 0 Å². The van der Waals surface area contributed by atoms with Crippen LogP contribution in [0.1, 0.15) is 32.3 Å². The monoisotopic (exact) mass is 302 g/mol. The molecule has 2 aliphatic rings. The standard InChI is InChI=1S/C19H30N2O/c1-16(2)19-15-20(14-18-9-6-12-22-18)10-11-21(19)13-17-7-4-3-5-8-17/h3-5,7-8,16,18-19H,6,9-15H2,1-2H3/t18-,19-/m1/s1. The number of hydrogen-bond donors (Lipinski definition) is 0. The van der Waals surface area contributed by atoms with E-state index in [9.17, 15) is 0 Å². The molecule has 0 unspecified atom stereocenters. The number of piperazine rings is 1. The Balaban J connectivity index is 1.58. The summed E-state index contributed by atoms with van der Waals surface area (Å²) in [7, 11) is 0. The van der Waals surface area contributed by atoms with Crippen LogP contribution in [0, 0.1) is 5.92 Å². The third kappa shape index (κ3) is 4.09. The highest BCUT2D eigenvalue weighted by Crippen LogP contribution is 2.22. The highest BCUT2D eigenvalue weighted by atomic mass is 16.5. The van der Waals surface area contributed by atoms with E-state index in [0.29, 0.717) is 18.1 Å². The van der Waals surface area contributed by atoms with Crippen molar-refractivity contribution in [3.05, 3.63) is 35.9 Å². The maximum Gasteiger partial charge on any atom is 0.0702 e. The lowest BCUT2D eigenvalue weighted by molar-refractivity contribution is 0.0112. The van der Waals surface area contributed by atoms with Gasteiger partial charge in [0, 0.05) is 45.4 Å². The molecule has 0 amide bonds. The summed E-state index contributed by atoms with van der Waals surface area (Å²) in [6.45, 7) is 11.4. The van der Waals surface area contributed by atoms with Crippen LogP contribution in [-0.2, 0) is 11.3 Å². The number of rotatable bonds is 5. The van der Waals surface area contributed by atoms with Crippen molar-refractivity contribution in [3.63, 3.8) is 0 Å². The predicted molar refractivity (Wildman–Crippen MR) is 90.9 cm³/mol. The molecule has 2 heterocycles. The topological polar surface area (TPSA) is 15.7 Å². The van der Waals surface area contributed by atoms with E-state index in [1.165, 1.54) is 38.0 Å². The van der Waals surface area contributed by atoms with Gasteiger partial charge in [0.1, 0.15) is 0 Å². The summed E-state index contributed by atoms with van der Waals surface area (Å²) in [5, 5.41) is 0. The highest BCUT2D eigenvalue weighted by molar-refractivity contribution is 5.14. The van der Waals surface area contributed by atoms with Crippen LogP contribution < -0.4 is 0 Å². The first-order valence-electron chi connectivity index (χ1n) is 8.84. The molecule has 2 fully saturated rings. The molecule has 1 aromatic carbocycles. The lowest BCUT2D eigenvalue weighted by Gasteiger charge is -2.44. The average Bonchev–Trinajstić information content (AvgIpc) is 3.02. The molecule has 2 aliphatic heterocycles. The third-order valence-electron chi connectivity index (χ3n) is 5.10. The zero-order valence-electron chi connectivity index (χ0n) is 14.1. The first-order chi connectivity index (χ1) is 10.7. The van der Waals surface area contributed by atoms with Gasteiger partial charge in [-0.15, -0.1) is 0 Å². The summed E-state index contributed by atoms with van der Waals surface area (Å²) < 4.78 is 5.82. The SMILES string of the molecule is CC(C)[C@H]1CN(C[C@H]2CCCO2)CCN1Cc1ccccc1. The maximum atomic E-state index is 5.82. The summed E-state index contributed by atoms with van der Waals surface area (Å²) >= 11 is 0. The molecule has 0 saturated carbocycles. The summed E-state index contributed by atoms with van der Waals surface area (Å²) in [6, 6.07) is 11.5. The molecular weight excluding hydrogens is 272 g/mol. The molecule has 3 heteroatoms. The van der Waals surface area contributed by atoms with Crippen molar-refractivity contribution in [2.45, 2.75) is 45.4 Å². The third-order valence-corrected chi connectivity index (χ3v) is 5.10. The van der Waals surface area contributed by atoms with Gasteiger partial charge in [0.25, 0.3) is 0 Å². The average molecular weight is 302 g/mol. The van der Waals surface area contributed by atoms with E-state index < -0.39 is 0 Å². The number of nitrogens with zero attached hydrogens (tertiary/aromatic N) is 2. The second kappa shape index (κ2) is 7.58. The Morgan fingerprint density at radius 3 is 2.68 bits per heavy atom. The van der Waals surface area contributed by atoms with Gasteiger partial charge in [0.2, 0.25) is 0 Å². The molecule has 22 heavy (non-hydrogen) atoms. The van der Waals surface area contributed by atoms with Crippen molar-refractivity contribution < 1.29 is 4.74 Å². The van der Waals surface area contributed by atoms with Crippen molar-refractivity contribution in [2.24, 2.45) is 5.92 Å². The minimum Gasteiger partial charge on any atom is -0.377 e. The zero-order chi connectivity index (χ0) is 15.4. The molecule has 3 nitrogen and oxygen atoms in total. The van der Waals surface area contributed by atoms with Crippen LogP contribution in [0.15, 0.2) is 30.3 Å². The molecule has 0 radical (unpaired) electrons. The fraction of sp³-hybridized carbons (Fsp3) is 0.684. The van der Waals surface area contributed by atoms with E-state index in [4.69, 9.17) is 4.74 Å². The van der Waals surface area contributed by atoms with Crippen LogP contribution >= 0.6 is 0 Å². The Labute approximate surface area is 135 Å². The smallest absolute Gasteiger partial charge is 0.0702 e. The lowest BCUT2D eigenvalue weighted by Crippen LogP contribution is -2.55. The van der Waals surface area contributed by atoms with Crippen molar-refractivity contribution in [2.75, 3.05) is 32.8 Å². The molecule has 1 aromatic rings. The number of benzene rings is 1. The molecule has 0 N–H and O–H groups in total. The summed E-state index contributed by atoms with van der Waals surface area (Å²) in [5.74, 6) is 0.691. The fourth-order valence-electron chi connectivity index (χ4n) is 3.80. The van der Waals surface area contributed by atoms with Crippen molar-refractivity contribution in [1.82, 2.24) is 9.80 Å². The fourth-order valence-corrected chi connectivity index (χ4v) is 3.80. The highest BCUT2D eigenvalue weighted by Gasteiger charge is 2.30. The molecule has 2 atom stereocenters. The van der Waals surface area contributed by atoms with Crippen molar-refractivity contribution in [3.8, 4) is 0 Å². The first kappa shape index (κ1) is 16.0. The normalized spacial score (nSPS) is 27.6. The predicted octanol–water partition coefficient (Wildman–Crippen LogP) is 3.01. The van der Waals surface area contributed by atoms with E-state index in [1.54, 1.807) is 0 Å². The van der Waals surface area contributed by atoms with E-state index in [0.717, 1.165) is 19.7 Å². The second-order valence-electron chi connectivity index (χ2n) is 7.16. The van der Waals surface area contributed by atoms with Gasteiger partial charge in [-0.3, -0.25) is 9.80 Å². The molecule has 3 rings (SSSR count). The maximum absolute atomic E-state index is 5.82. The lowest BCUT2D eigenvalue weighted by atomic mass is 9.98. The Bertz CT molecular complexity index is 442. The van der Waals surface area contributed by atoms with Gasteiger partial charge >= 0.3 is 0 Å².